The van der Waals surface area contributed by atoms with Crippen molar-refractivity contribution < 1.29 is 4.39 Å². The minimum atomic E-state index is -0.121. The number of hydrogen-bond donors (Lipinski definition) is 1. The summed E-state index contributed by atoms with van der Waals surface area (Å²) in [6.07, 6.45) is 5.19. The summed E-state index contributed by atoms with van der Waals surface area (Å²) in [5.74, 6) is 0.681. The summed E-state index contributed by atoms with van der Waals surface area (Å²) in [4.78, 5) is 2.39. The number of likely N-dealkylation sites (N-methyl/N-ethyl adjacent to an activating group) is 1. The number of benzene rings is 1. The normalized spacial score (nSPS) is 26.3. The predicted molar refractivity (Wildman–Crippen MR) is 86.9 cm³/mol. The fourth-order valence-corrected chi connectivity index (χ4v) is 3.61. The maximum atomic E-state index is 13.3. The van der Waals surface area contributed by atoms with E-state index in [0.29, 0.717) is 0 Å². The van der Waals surface area contributed by atoms with Gasteiger partial charge in [-0.15, -0.1) is 0 Å². The smallest absolute Gasteiger partial charge is 0.126 e. The lowest BCUT2D eigenvalue weighted by atomic mass is 9.75. The fourth-order valence-electron chi connectivity index (χ4n) is 3.61. The van der Waals surface area contributed by atoms with Crippen LogP contribution in [0.1, 0.15) is 43.7 Å². The van der Waals surface area contributed by atoms with Crippen molar-refractivity contribution in [3.63, 3.8) is 0 Å². The van der Waals surface area contributed by atoms with Crippen LogP contribution < -0.4 is 5.32 Å². The standard InChI is InChI=1S/C18H29FN2/c1-14-6-5-9-18(11-14,21(3)4)13-20-12-16-7-8-17(19)15(2)10-16/h7-8,10,14,20H,5-6,9,11-13H2,1-4H3. The van der Waals surface area contributed by atoms with Crippen LogP contribution in [-0.2, 0) is 6.54 Å². The Balaban J connectivity index is 1.94. The van der Waals surface area contributed by atoms with E-state index in [1.165, 1.54) is 25.7 Å². The van der Waals surface area contributed by atoms with Crippen LogP contribution >= 0.6 is 0 Å². The molecule has 1 aliphatic rings. The van der Waals surface area contributed by atoms with Gasteiger partial charge in [-0.1, -0.05) is 31.9 Å². The molecule has 0 heterocycles. The highest BCUT2D eigenvalue weighted by Crippen LogP contribution is 2.35. The van der Waals surface area contributed by atoms with Gasteiger partial charge in [0.2, 0.25) is 0 Å². The minimum absolute atomic E-state index is 0.121. The van der Waals surface area contributed by atoms with Gasteiger partial charge in [0, 0.05) is 18.6 Å². The van der Waals surface area contributed by atoms with Crippen molar-refractivity contribution in [2.75, 3.05) is 20.6 Å². The van der Waals surface area contributed by atoms with E-state index in [9.17, 15) is 4.39 Å². The molecule has 118 valence electrons. The molecule has 0 spiro atoms. The third kappa shape index (κ3) is 4.04. The van der Waals surface area contributed by atoms with Gasteiger partial charge in [-0.2, -0.15) is 0 Å². The Morgan fingerprint density at radius 1 is 1.38 bits per heavy atom. The summed E-state index contributed by atoms with van der Waals surface area (Å²) in [5.41, 5.74) is 2.15. The van der Waals surface area contributed by atoms with Crippen LogP contribution in [0.3, 0.4) is 0 Å². The van der Waals surface area contributed by atoms with Gasteiger partial charge >= 0.3 is 0 Å². The minimum Gasteiger partial charge on any atom is -0.311 e. The van der Waals surface area contributed by atoms with Gasteiger partial charge in [0.05, 0.1) is 0 Å². The molecule has 1 aromatic carbocycles. The molecule has 3 heteroatoms. The summed E-state index contributed by atoms with van der Waals surface area (Å²) in [7, 11) is 4.39. The van der Waals surface area contributed by atoms with Crippen LogP contribution in [0, 0.1) is 18.7 Å². The molecule has 0 aliphatic heterocycles. The third-order valence-electron chi connectivity index (χ3n) is 5.02. The van der Waals surface area contributed by atoms with Crippen molar-refractivity contribution >= 4 is 0 Å². The van der Waals surface area contributed by atoms with E-state index in [4.69, 9.17) is 0 Å². The maximum Gasteiger partial charge on any atom is 0.126 e. The molecular formula is C18H29FN2. The number of nitrogens with zero attached hydrogens (tertiary/aromatic N) is 1. The molecule has 2 unspecified atom stereocenters. The van der Waals surface area contributed by atoms with Crippen LogP contribution in [0.2, 0.25) is 0 Å². The summed E-state index contributed by atoms with van der Waals surface area (Å²) in [6, 6.07) is 5.38. The topological polar surface area (TPSA) is 15.3 Å². The summed E-state index contributed by atoms with van der Waals surface area (Å²) in [5, 5.41) is 3.60. The molecule has 2 nitrogen and oxygen atoms in total. The first-order valence-electron chi connectivity index (χ1n) is 8.06. The second-order valence-electron chi connectivity index (χ2n) is 7.01. The number of rotatable bonds is 5. The Kier molecular flexibility index (Phi) is 5.39. The van der Waals surface area contributed by atoms with Crippen molar-refractivity contribution in [2.24, 2.45) is 5.92 Å². The fraction of sp³-hybridized carbons (Fsp3) is 0.667. The first-order valence-corrected chi connectivity index (χ1v) is 8.06. The van der Waals surface area contributed by atoms with Crippen LogP contribution in [0.5, 0.6) is 0 Å². The Labute approximate surface area is 128 Å². The Hall–Kier alpha value is -0.930. The number of halogens is 1. The molecule has 1 aromatic rings. The molecule has 1 fully saturated rings. The molecule has 0 bridgehead atoms. The molecule has 0 radical (unpaired) electrons. The zero-order valence-corrected chi connectivity index (χ0v) is 13.9. The molecular weight excluding hydrogens is 263 g/mol. The lowest BCUT2D eigenvalue weighted by molar-refractivity contribution is 0.0749. The van der Waals surface area contributed by atoms with Gasteiger partial charge in [-0.3, -0.25) is 0 Å². The van der Waals surface area contributed by atoms with Crippen molar-refractivity contribution in [1.29, 1.82) is 0 Å². The number of aryl methyl sites for hydroxylation is 1. The third-order valence-corrected chi connectivity index (χ3v) is 5.02. The second-order valence-corrected chi connectivity index (χ2v) is 7.01. The average molecular weight is 292 g/mol. The van der Waals surface area contributed by atoms with Crippen LogP contribution in [0.25, 0.3) is 0 Å². The molecule has 2 rings (SSSR count). The molecule has 2 atom stereocenters. The van der Waals surface area contributed by atoms with E-state index in [2.05, 4.69) is 31.2 Å². The Morgan fingerprint density at radius 2 is 2.14 bits per heavy atom. The molecule has 0 aromatic heterocycles. The highest BCUT2D eigenvalue weighted by atomic mass is 19.1. The van der Waals surface area contributed by atoms with E-state index in [-0.39, 0.29) is 11.4 Å². The van der Waals surface area contributed by atoms with Gasteiger partial charge < -0.3 is 10.2 Å². The van der Waals surface area contributed by atoms with E-state index in [1.54, 1.807) is 6.07 Å². The predicted octanol–water partition coefficient (Wildman–Crippen LogP) is 3.73. The zero-order chi connectivity index (χ0) is 15.5. The van der Waals surface area contributed by atoms with E-state index in [0.717, 1.165) is 30.1 Å². The van der Waals surface area contributed by atoms with Gasteiger partial charge in [-0.05, 0) is 57.0 Å². The monoisotopic (exact) mass is 292 g/mol. The van der Waals surface area contributed by atoms with E-state index >= 15 is 0 Å². The lowest BCUT2D eigenvalue weighted by Gasteiger charge is -2.45. The first-order chi connectivity index (χ1) is 9.93. The molecule has 21 heavy (non-hydrogen) atoms. The first kappa shape index (κ1) is 16.4. The van der Waals surface area contributed by atoms with Gasteiger partial charge in [0.1, 0.15) is 5.82 Å². The maximum absolute atomic E-state index is 13.3. The van der Waals surface area contributed by atoms with E-state index in [1.807, 2.05) is 19.1 Å². The largest absolute Gasteiger partial charge is 0.311 e. The zero-order valence-electron chi connectivity index (χ0n) is 13.9. The summed E-state index contributed by atoms with van der Waals surface area (Å²) in [6.45, 7) is 6.00. The molecule has 0 saturated heterocycles. The molecule has 1 aliphatic carbocycles. The molecule has 0 amide bonds. The highest BCUT2D eigenvalue weighted by Gasteiger charge is 2.36. The van der Waals surface area contributed by atoms with Crippen LogP contribution in [-0.4, -0.2) is 31.1 Å². The highest BCUT2D eigenvalue weighted by molar-refractivity contribution is 5.23. The Bertz CT molecular complexity index is 472. The molecule has 1 saturated carbocycles. The lowest BCUT2D eigenvalue weighted by Crippen LogP contribution is -2.54. The summed E-state index contributed by atoms with van der Waals surface area (Å²) < 4.78 is 13.3. The quantitative estimate of drug-likeness (QED) is 0.889. The van der Waals surface area contributed by atoms with Gasteiger partial charge in [-0.25, -0.2) is 4.39 Å². The van der Waals surface area contributed by atoms with Crippen molar-refractivity contribution in [2.45, 2.75) is 51.6 Å². The Morgan fingerprint density at radius 3 is 2.76 bits per heavy atom. The van der Waals surface area contributed by atoms with Crippen LogP contribution in [0.4, 0.5) is 4.39 Å². The van der Waals surface area contributed by atoms with E-state index < -0.39 is 0 Å². The van der Waals surface area contributed by atoms with Gasteiger partial charge in [0.15, 0.2) is 0 Å². The second kappa shape index (κ2) is 6.89. The number of hydrogen-bond acceptors (Lipinski definition) is 2. The van der Waals surface area contributed by atoms with Crippen molar-refractivity contribution in [1.82, 2.24) is 10.2 Å². The van der Waals surface area contributed by atoms with Gasteiger partial charge in [0.25, 0.3) is 0 Å². The number of nitrogens with one attached hydrogen (secondary N) is 1. The summed E-state index contributed by atoms with van der Waals surface area (Å²) >= 11 is 0. The van der Waals surface area contributed by atoms with Crippen molar-refractivity contribution in [3.8, 4) is 0 Å². The average Bonchev–Trinajstić information content (AvgIpc) is 2.42. The SMILES string of the molecule is Cc1cc(CNCC2(N(C)C)CCCC(C)C2)ccc1F. The molecule has 1 N–H and O–H groups in total. The van der Waals surface area contributed by atoms with Crippen LogP contribution in [0.15, 0.2) is 18.2 Å². The van der Waals surface area contributed by atoms with Crippen molar-refractivity contribution in [3.05, 3.63) is 35.1 Å².